The summed E-state index contributed by atoms with van der Waals surface area (Å²) in [6.45, 7) is 1.59. The lowest BCUT2D eigenvalue weighted by molar-refractivity contribution is 0.686. The van der Waals surface area contributed by atoms with Crippen LogP contribution in [-0.2, 0) is 0 Å². The lowest BCUT2D eigenvalue weighted by Gasteiger charge is -2.09. The lowest BCUT2D eigenvalue weighted by Crippen LogP contribution is -2.09. The molecular formula is C10H12Cl2N2. The van der Waals surface area contributed by atoms with Crippen LogP contribution in [0.5, 0.6) is 0 Å². The van der Waals surface area contributed by atoms with Crippen molar-refractivity contribution in [2.75, 3.05) is 18.4 Å². The average Bonchev–Trinajstić information content (AvgIpc) is 2.49. The summed E-state index contributed by atoms with van der Waals surface area (Å²) >= 11 is 12.0. The van der Waals surface area contributed by atoms with Crippen LogP contribution >= 0.6 is 23.2 Å². The summed E-state index contributed by atoms with van der Waals surface area (Å²) in [6, 6.07) is 3.71. The van der Waals surface area contributed by atoms with Crippen LogP contribution in [0.2, 0.25) is 10.0 Å². The Morgan fingerprint density at radius 2 is 2.21 bits per heavy atom. The van der Waals surface area contributed by atoms with Crippen LogP contribution in [0.1, 0.15) is 17.9 Å². The molecule has 1 atom stereocenters. The average molecular weight is 231 g/mol. The lowest BCUT2D eigenvalue weighted by atomic mass is 9.98. The second-order valence-corrected chi connectivity index (χ2v) is 4.35. The Bertz CT molecular complexity index is 352. The molecule has 0 saturated heterocycles. The first-order valence-electron chi connectivity index (χ1n) is 4.65. The third-order valence-corrected chi connectivity index (χ3v) is 3.09. The smallest absolute Gasteiger partial charge is 0.0476 e. The van der Waals surface area contributed by atoms with Gasteiger partial charge in [0.05, 0.1) is 0 Å². The molecule has 1 heterocycles. The fourth-order valence-corrected chi connectivity index (χ4v) is 2.58. The van der Waals surface area contributed by atoms with Gasteiger partial charge in [0, 0.05) is 28.2 Å². The molecule has 3 N–H and O–H groups in total. The van der Waals surface area contributed by atoms with Crippen molar-refractivity contribution in [1.29, 1.82) is 0 Å². The Morgan fingerprint density at radius 3 is 2.93 bits per heavy atom. The van der Waals surface area contributed by atoms with E-state index in [2.05, 4.69) is 5.32 Å². The van der Waals surface area contributed by atoms with Crippen molar-refractivity contribution in [3.63, 3.8) is 0 Å². The molecular weight excluding hydrogens is 219 g/mol. The van der Waals surface area contributed by atoms with Gasteiger partial charge in [0.1, 0.15) is 0 Å². The molecule has 0 fully saturated rings. The number of hydrogen-bond acceptors (Lipinski definition) is 2. The van der Waals surface area contributed by atoms with Crippen molar-refractivity contribution < 1.29 is 0 Å². The van der Waals surface area contributed by atoms with Gasteiger partial charge < -0.3 is 11.1 Å². The van der Waals surface area contributed by atoms with Crippen molar-refractivity contribution in [1.82, 2.24) is 0 Å². The van der Waals surface area contributed by atoms with E-state index in [1.807, 2.05) is 6.07 Å². The van der Waals surface area contributed by atoms with Gasteiger partial charge in [-0.05, 0) is 30.7 Å². The highest BCUT2D eigenvalue weighted by molar-refractivity contribution is 6.35. The van der Waals surface area contributed by atoms with Crippen LogP contribution in [0.3, 0.4) is 0 Å². The van der Waals surface area contributed by atoms with Gasteiger partial charge in [-0.1, -0.05) is 23.2 Å². The molecule has 1 unspecified atom stereocenters. The molecule has 1 aliphatic rings. The maximum atomic E-state index is 6.14. The van der Waals surface area contributed by atoms with Crippen LogP contribution in [-0.4, -0.2) is 13.1 Å². The Labute approximate surface area is 93.4 Å². The number of rotatable bonds is 2. The van der Waals surface area contributed by atoms with Crippen LogP contribution < -0.4 is 11.1 Å². The second-order valence-electron chi connectivity index (χ2n) is 3.50. The summed E-state index contributed by atoms with van der Waals surface area (Å²) in [5.74, 6) is 0.430. The van der Waals surface area contributed by atoms with Gasteiger partial charge in [-0.25, -0.2) is 0 Å². The summed E-state index contributed by atoms with van der Waals surface area (Å²) in [6.07, 6.45) is 0.960. The number of benzene rings is 1. The van der Waals surface area contributed by atoms with E-state index in [0.717, 1.165) is 23.7 Å². The van der Waals surface area contributed by atoms with Crippen molar-refractivity contribution in [2.45, 2.75) is 12.3 Å². The Kier molecular flexibility index (Phi) is 2.86. The van der Waals surface area contributed by atoms with Crippen molar-refractivity contribution in [2.24, 2.45) is 5.73 Å². The molecule has 0 aromatic heterocycles. The first-order chi connectivity index (χ1) is 6.72. The highest BCUT2D eigenvalue weighted by atomic mass is 35.5. The number of halogens is 2. The molecule has 14 heavy (non-hydrogen) atoms. The van der Waals surface area contributed by atoms with Gasteiger partial charge in [0.2, 0.25) is 0 Å². The van der Waals surface area contributed by atoms with Crippen LogP contribution in [0.15, 0.2) is 12.1 Å². The third-order valence-electron chi connectivity index (χ3n) is 2.56. The van der Waals surface area contributed by atoms with Crippen molar-refractivity contribution in [3.05, 3.63) is 27.7 Å². The molecule has 2 rings (SSSR count). The summed E-state index contributed by atoms with van der Waals surface area (Å²) in [7, 11) is 0. The SMILES string of the molecule is NCCC1CNc2cc(Cl)cc(Cl)c21. The second kappa shape index (κ2) is 3.97. The van der Waals surface area contributed by atoms with Crippen LogP contribution in [0, 0.1) is 0 Å². The fourth-order valence-electron chi connectivity index (χ4n) is 1.93. The quantitative estimate of drug-likeness (QED) is 0.821. The summed E-state index contributed by atoms with van der Waals surface area (Å²) in [5.41, 5.74) is 7.77. The standard InChI is InChI=1S/C10H12Cl2N2/c11-7-3-8(12)10-6(1-2-13)5-14-9(10)4-7/h3-4,6,14H,1-2,5,13H2. The maximum Gasteiger partial charge on any atom is 0.0476 e. The third kappa shape index (κ3) is 1.70. The molecule has 0 aliphatic carbocycles. The highest BCUT2D eigenvalue weighted by Crippen LogP contribution is 2.40. The van der Waals surface area contributed by atoms with Crippen molar-refractivity contribution in [3.8, 4) is 0 Å². The van der Waals surface area contributed by atoms with Crippen LogP contribution in [0.25, 0.3) is 0 Å². The predicted octanol–water partition coefficient (Wildman–Crippen LogP) is 2.85. The number of anilines is 1. The first kappa shape index (κ1) is 10.1. The minimum atomic E-state index is 0.430. The largest absolute Gasteiger partial charge is 0.384 e. The molecule has 2 nitrogen and oxygen atoms in total. The van der Waals surface area contributed by atoms with Crippen LogP contribution in [0.4, 0.5) is 5.69 Å². The molecule has 0 saturated carbocycles. The van der Waals surface area contributed by atoms with Gasteiger partial charge in [-0.3, -0.25) is 0 Å². The van der Waals surface area contributed by atoms with E-state index in [1.54, 1.807) is 6.07 Å². The zero-order valence-corrected chi connectivity index (χ0v) is 9.20. The molecule has 0 radical (unpaired) electrons. The normalized spacial score (nSPS) is 19.2. The van der Waals surface area contributed by atoms with Gasteiger partial charge >= 0.3 is 0 Å². The van der Waals surface area contributed by atoms with E-state index in [-0.39, 0.29) is 0 Å². The first-order valence-corrected chi connectivity index (χ1v) is 5.41. The molecule has 4 heteroatoms. The monoisotopic (exact) mass is 230 g/mol. The summed E-state index contributed by atoms with van der Waals surface area (Å²) < 4.78 is 0. The molecule has 0 amide bonds. The number of nitrogens with one attached hydrogen (secondary N) is 1. The van der Waals surface area contributed by atoms with Gasteiger partial charge in [-0.15, -0.1) is 0 Å². The maximum absolute atomic E-state index is 6.14. The van der Waals surface area contributed by atoms with E-state index >= 15 is 0 Å². The Balaban J connectivity index is 2.39. The Morgan fingerprint density at radius 1 is 1.43 bits per heavy atom. The molecule has 0 bridgehead atoms. The van der Waals surface area contributed by atoms with E-state index in [4.69, 9.17) is 28.9 Å². The van der Waals surface area contributed by atoms with Gasteiger partial charge in [0.25, 0.3) is 0 Å². The fraction of sp³-hybridized carbons (Fsp3) is 0.400. The highest BCUT2D eigenvalue weighted by Gasteiger charge is 2.24. The number of fused-ring (bicyclic) bond motifs is 1. The van der Waals surface area contributed by atoms with Crippen molar-refractivity contribution >= 4 is 28.9 Å². The van der Waals surface area contributed by atoms with E-state index in [1.165, 1.54) is 5.56 Å². The molecule has 1 aliphatic heterocycles. The summed E-state index contributed by atoms with van der Waals surface area (Å²) in [5, 5.41) is 4.71. The number of hydrogen-bond donors (Lipinski definition) is 2. The van der Waals surface area contributed by atoms with Gasteiger partial charge in [0.15, 0.2) is 0 Å². The number of nitrogens with two attached hydrogens (primary N) is 1. The van der Waals surface area contributed by atoms with E-state index in [0.29, 0.717) is 17.5 Å². The molecule has 0 spiro atoms. The van der Waals surface area contributed by atoms with Gasteiger partial charge in [-0.2, -0.15) is 0 Å². The predicted molar refractivity (Wildman–Crippen MR) is 61.4 cm³/mol. The minimum Gasteiger partial charge on any atom is -0.384 e. The summed E-state index contributed by atoms with van der Waals surface area (Å²) in [4.78, 5) is 0. The molecule has 1 aromatic carbocycles. The minimum absolute atomic E-state index is 0.430. The molecule has 1 aromatic rings. The van der Waals surface area contributed by atoms with E-state index in [9.17, 15) is 0 Å². The topological polar surface area (TPSA) is 38.0 Å². The van der Waals surface area contributed by atoms with E-state index < -0.39 is 0 Å². The Hall–Kier alpha value is -0.440. The zero-order chi connectivity index (χ0) is 10.1. The zero-order valence-electron chi connectivity index (χ0n) is 7.69. The molecule has 76 valence electrons.